The number of carbonyl (C=O) groups is 2. The Kier molecular flexibility index (Phi) is 4.77. The molecule has 2 amide bonds. The van der Waals surface area contributed by atoms with Crippen LogP contribution in [0.15, 0.2) is 36.4 Å². The van der Waals surface area contributed by atoms with Gasteiger partial charge in [-0.05, 0) is 69.1 Å². The van der Waals surface area contributed by atoms with Gasteiger partial charge in [0.05, 0.1) is 5.56 Å². The van der Waals surface area contributed by atoms with Crippen LogP contribution in [-0.4, -0.2) is 16.4 Å². The lowest BCUT2D eigenvalue weighted by Gasteiger charge is -2.20. The molecule has 1 aromatic heterocycles. The van der Waals surface area contributed by atoms with E-state index in [1.807, 2.05) is 54.8 Å². The molecule has 5 nitrogen and oxygen atoms in total. The molecule has 0 unspecified atom stereocenters. The lowest BCUT2D eigenvalue weighted by atomic mass is 9.86. The maximum atomic E-state index is 12.6. The summed E-state index contributed by atoms with van der Waals surface area (Å²) in [5.74, 6) is 1.67. The van der Waals surface area contributed by atoms with Crippen LogP contribution in [0.5, 0.6) is 0 Å². The van der Waals surface area contributed by atoms with Crippen molar-refractivity contribution in [2.45, 2.75) is 46.0 Å². The maximum absolute atomic E-state index is 12.6. The van der Waals surface area contributed by atoms with E-state index in [4.69, 9.17) is 0 Å². The van der Waals surface area contributed by atoms with E-state index in [1.54, 1.807) is 0 Å². The molecule has 2 saturated carbocycles. The van der Waals surface area contributed by atoms with Crippen molar-refractivity contribution >= 4 is 11.8 Å². The number of aryl methyl sites for hydroxylation is 1. The number of carbonyl (C=O) groups excluding carboxylic acids is 2. The van der Waals surface area contributed by atoms with Crippen molar-refractivity contribution in [3.8, 4) is 5.69 Å². The summed E-state index contributed by atoms with van der Waals surface area (Å²) in [7, 11) is 0. The van der Waals surface area contributed by atoms with E-state index >= 15 is 0 Å². The first-order valence-electron chi connectivity index (χ1n) is 9.86. The van der Waals surface area contributed by atoms with E-state index in [0.717, 1.165) is 23.0 Å². The van der Waals surface area contributed by atoms with Crippen LogP contribution in [0.4, 0.5) is 0 Å². The predicted molar refractivity (Wildman–Crippen MR) is 104 cm³/mol. The largest absolute Gasteiger partial charge is 0.318 e. The molecule has 1 heterocycles. The van der Waals surface area contributed by atoms with Gasteiger partial charge in [0.2, 0.25) is 5.91 Å². The van der Waals surface area contributed by atoms with E-state index in [1.165, 1.54) is 25.7 Å². The molecule has 0 saturated heterocycles. The number of fused-ring (bicyclic) bond motifs is 2. The van der Waals surface area contributed by atoms with Crippen LogP contribution >= 0.6 is 0 Å². The summed E-state index contributed by atoms with van der Waals surface area (Å²) in [6, 6.07) is 11.8. The van der Waals surface area contributed by atoms with Crippen LogP contribution in [0.25, 0.3) is 5.69 Å². The molecule has 0 radical (unpaired) electrons. The highest BCUT2D eigenvalue weighted by Gasteiger charge is 2.40. The van der Waals surface area contributed by atoms with Gasteiger partial charge in [0.25, 0.3) is 5.91 Å². The van der Waals surface area contributed by atoms with Crippen molar-refractivity contribution < 1.29 is 9.59 Å². The minimum atomic E-state index is -0.272. The molecule has 4 rings (SSSR count). The molecule has 142 valence electrons. The highest BCUT2D eigenvalue weighted by Crippen LogP contribution is 2.49. The van der Waals surface area contributed by atoms with Crippen molar-refractivity contribution in [1.82, 2.24) is 15.4 Å². The van der Waals surface area contributed by atoms with Crippen molar-refractivity contribution in [2.24, 2.45) is 17.8 Å². The van der Waals surface area contributed by atoms with Gasteiger partial charge >= 0.3 is 0 Å². The Labute approximate surface area is 160 Å². The topological polar surface area (TPSA) is 63.1 Å². The number of para-hydroxylation sites is 1. The molecule has 2 aromatic rings. The molecular weight excluding hydrogens is 338 g/mol. The highest BCUT2D eigenvalue weighted by molar-refractivity contribution is 5.97. The van der Waals surface area contributed by atoms with Gasteiger partial charge in [-0.1, -0.05) is 24.6 Å². The molecule has 2 bridgehead atoms. The monoisotopic (exact) mass is 365 g/mol. The quantitative estimate of drug-likeness (QED) is 0.812. The number of hydrogen-bond donors (Lipinski definition) is 2. The lowest BCUT2D eigenvalue weighted by molar-refractivity contribution is -0.123. The summed E-state index contributed by atoms with van der Waals surface area (Å²) in [4.78, 5) is 24.9. The Hall–Kier alpha value is -2.56. The van der Waals surface area contributed by atoms with Gasteiger partial charge in [-0.25, -0.2) is 0 Å². The van der Waals surface area contributed by atoms with Gasteiger partial charge in [0.15, 0.2) is 0 Å². The molecule has 0 aliphatic heterocycles. The Morgan fingerprint density at radius 2 is 1.85 bits per heavy atom. The van der Waals surface area contributed by atoms with Crippen LogP contribution in [0, 0.1) is 31.6 Å². The van der Waals surface area contributed by atoms with Gasteiger partial charge in [-0.2, -0.15) is 0 Å². The number of hydrogen-bond acceptors (Lipinski definition) is 2. The van der Waals surface area contributed by atoms with Crippen LogP contribution in [0.1, 0.15) is 53.8 Å². The van der Waals surface area contributed by atoms with Crippen LogP contribution in [0.2, 0.25) is 0 Å². The van der Waals surface area contributed by atoms with Gasteiger partial charge in [-0.15, -0.1) is 0 Å². The van der Waals surface area contributed by atoms with Gasteiger partial charge in [-0.3, -0.25) is 20.4 Å². The Morgan fingerprint density at radius 1 is 1.07 bits per heavy atom. The second kappa shape index (κ2) is 7.22. The predicted octanol–water partition coefficient (Wildman–Crippen LogP) is 3.68. The van der Waals surface area contributed by atoms with Gasteiger partial charge < -0.3 is 4.57 Å². The van der Waals surface area contributed by atoms with Crippen molar-refractivity contribution in [3.63, 3.8) is 0 Å². The zero-order valence-electron chi connectivity index (χ0n) is 16.0. The first-order chi connectivity index (χ1) is 13.0. The minimum absolute atomic E-state index is 0.0854. The lowest BCUT2D eigenvalue weighted by Crippen LogP contribution is -2.42. The summed E-state index contributed by atoms with van der Waals surface area (Å²) >= 11 is 0. The number of rotatable bonds is 4. The number of nitrogens with one attached hydrogen (secondary N) is 2. The summed E-state index contributed by atoms with van der Waals surface area (Å²) in [5.41, 5.74) is 8.66. The van der Waals surface area contributed by atoms with Crippen LogP contribution < -0.4 is 10.9 Å². The van der Waals surface area contributed by atoms with E-state index in [2.05, 4.69) is 10.9 Å². The molecule has 0 spiro atoms. The first-order valence-corrected chi connectivity index (χ1v) is 9.86. The molecule has 2 N–H and O–H groups in total. The summed E-state index contributed by atoms with van der Waals surface area (Å²) in [6.45, 7) is 3.90. The molecule has 2 aliphatic carbocycles. The minimum Gasteiger partial charge on any atom is -0.318 e. The number of benzene rings is 1. The molecule has 3 atom stereocenters. The second-order valence-corrected chi connectivity index (χ2v) is 8.10. The number of hydrazine groups is 1. The van der Waals surface area contributed by atoms with E-state index in [0.29, 0.717) is 23.8 Å². The average Bonchev–Trinajstić information content (AvgIpc) is 3.35. The Balaban J connectivity index is 1.38. The van der Waals surface area contributed by atoms with Gasteiger partial charge in [0.1, 0.15) is 0 Å². The molecular formula is C22H27N3O2. The zero-order chi connectivity index (χ0) is 19.0. The third-order valence-electron chi connectivity index (χ3n) is 6.34. The second-order valence-electron chi connectivity index (χ2n) is 8.10. The normalized spacial score (nSPS) is 23.4. The highest BCUT2D eigenvalue weighted by atomic mass is 16.2. The van der Waals surface area contributed by atoms with Crippen molar-refractivity contribution in [2.75, 3.05) is 0 Å². The smallest absolute Gasteiger partial charge is 0.271 e. The van der Waals surface area contributed by atoms with Gasteiger partial charge in [0, 0.05) is 23.5 Å². The standard InChI is InChI=1S/C22H27N3O2/c1-14-10-20(15(2)25(14)19-6-4-3-5-7-19)22(27)24-23-21(26)13-18-12-16-8-9-17(18)11-16/h3-7,10,16-18H,8-9,11-13H2,1-2H3,(H,23,26)(H,24,27)/t16-,17+,18-/m0/s1. The third kappa shape index (κ3) is 3.51. The summed E-state index contributed by atoms with van der Waals surface area (Å²) in [5, 5.41) is 0. The fourth-order valence-corrected chi connectivity index (χ4v) is 5.08. The first kappa shape index (κ1) is 17.8. The number of nitrogens with zero attached hydrogens (tertiary/aromatic N) is 1. The average molecular weight is 365 g/mol. The Morgan fingerprint density at radius 3 is 2.52 bits per heavy atom. The van der Waals surface area contributed by atoms with Crippen LogP contribution in [-0.2, 0) is 4.79 Å². The van der Waals surface area contributed by atoms with Crippen molar-refractivity contribution in [1.29, 1.82) is 0 Å². The number of aromatic nitrogens is 1. The molecule has 5 heteroatoms. The molecule has 27 heavy (non-hydrogen) atoms. The Bertz CT molecular complexity index is 856. The van der Waals surface area contributed by atoms with E-state index < -0.39 is 0 Å². The van der Waals surface area contributed by atoms with Crippen molar-refractivity contribution in [3.05, 3.63) is 53.3 Å². The SMILES string of the molecule is Cc1cc(C(=O)NNC(=O)C[C@@H]2C[C@H]3CC[C@@H]2C3)c(C)n1-c1ccccc1. The number of amides is 2. The molecule has 1 aromatic carbocycles. The summed E-state index contributed by atoms with van der Waals surface area (Å²) < 4.78 is 2.05. The fourth-order valence-electron chi connectivity index (χ4n) is 5.08. The summed E-state index contributed by atoms with van der Waals surface area (Å²) in [6.07, 6.45) is 5.57. The van der Waals surface area contributed by atoms with E-state index in [9.17, 15) is 9.59 Å². The molecule has 2 fully saturated rings. The zero-order valence-corrected chi connectivity index (χ0v) is 16.0. The third-order valence-corrected chi connectivity index (χ3v) is 6.34. The fraction of sp³-hybridized carbons (Fsp3) is 0.455. The van der Waals surface area contributed by atoms with E-state index in [-0.39, 0.29) is 11.8 Å². The van der Waals surface area contributed by atoms with Crippen LogP contribution in [0.3, 0.4) is 0 Å². The molecule has 2 aliphatic rings. The maximum Gasteiger partial charge on any atom is 0.271 e.